The van der Waals surface area contributed by atoms with E-state index in [-0.39, 0.29) is 0 Å². The Morgan fingerprint density at radius 3 is 1.52 bits per heavy atom. The molecule has 0 saturated heterocycles. The van der Waals surface area contributed by atoms with Gasteiger partial charge in [-0.15, -0.1) is 0 Å². The van der Waals surface area contributed by atoms with E-state index in [1.54, 1.807) is 0 Å². The fourth-order valence-corrected chi connectivity index (χ4v) is 4.34. The second-order valence-corrected chi connectivity index (χ2v) is 9.75. The molecule has 0 radical (unpaired) electrons. The summed E-state index contributed by atoms with van der Waals surface area (Å²) in [6.45, 7) is 7.40. The van der Waals surface area contributed by atoms with Crippen LogP contribution in [0.4, 0.5) is 0 Å². The molecule has 0 aromatic rings. The molecule has 0 bridgehead atoms. The molecule has 0 atom stereocenters. The second kappa shape index (κ2) is 30.2. The van der Waals surface area contributed by atoms with Crippen LogP contribution < -0.4 is 10.5 Å². The third kappa shape index (κ3) is 30.2. The molecule has 0 aliphatic rings. The average molecular weight is 461 g/mol. The van der Waals surface area contributed by atoms with Gasteiger partial charge in [0.1, 0.15) is 0 Å². The van der Waals surface area contributed by atoms with Crippen molar-refractivity contribution in [2.75, 3.05) is 45.3 Å². The second-order valence-electron chi connectivity index (χ2n) is 8.77. The van der Waals surface area contributed by atoms with Gasteiger partial charge in [-0.25, -0.2) is 0 Å². The van der Waals surface area contributed by atoms with E-state index >= 15 is 0 Å². The first-order chi connectivity index (χ1) is 15.4. The minimum Gasteiger partial charge on any atom is -0.381 e. The van der Waals surface area contributed by atoms with Crippen LogP contribution in [0.25, 0.3) is 0 Å². The summed E-state index contributed by atoms with van der Waals surface area (Å²) in [6.07, 6.45) is 24.3. The van der Waals surface area contributed by atoms with E-state index < -0.39 is 0 Å². The van der Waals surface area contributed by atoms with Crippen LogP contribution in [0.1, 0.15) is 122 Å². The van der Waals surface area contributed by atoms with Gasteiger partial charge in [-0.05, 0) is 38.6 Å². The number of unbranched alkanes of at least 4 members (excludes halogenated alkanes) is 14. The van der Waals surface area contributed by atoms with Gasteiger partial charge in [0.15, 0.2) is 0 Å². The molecule has 0 heterocycles. The Labute approximate surface area is 199 Å². The molecule has 0 aromatic heterocycles. The van der Waals surface area contributed by atoms with Crippen LogP contribution in [-0.4, -0.2) is 45.3 Å². The van der Waals surface area contributed by atoms with Crippen molar-refractivity contribution in [3.8, 4) is 0 Å². The van der Waals surface area contributed by atoms with E-state index in [4.69, 9.17) is 15.2 Å². The fraction of sp³-hybridized carbons (Fsp3) is 1.00. The van der Waals surface area contributed by atoms with Gasteiger partial charge >= 0.3 is 0 Å². The lowest BCUT2D eigenvalue weighted by atomic mass is 10.0. The number of nitrogens with two attached hydrogens (primary N) is 1. The molecule has 0 unspecified atom stereocenters. The van der Waals surface area contributed by atoms with Crippen molar-refractivity contribution in [2.24, 2.45) is 5.73 Å². The quantitative estimate of drug-likeness (QED) is 0.0950. The SMILES string of the molecule is CCCCCCCCCCCCCCCCSNCCCOCCCCOCCCN. The summed E-state index contributed by atoms with van der Waals surface area (Å²) < 4.78 is 14.6. The summed E-state index contributed by atoms with van der Waals surface area (Å²) in [4.78, 5) is 0. The molecule has 5 heteroatoms. The van der Waals surface area contributed by atoms with Crippen molar-refractivity contribution in [1.82, 2.24) is 4.72 Å². The smallest absolute Gasteiger partial charge is 0.0478 e. The van der Waals surface area contributed by atoms with Gasteiger partial charge in [0.05, 0.1) is 0 Å². The van der Waals surface area contributed by atoms with E-state index in [1.807, 2.05) is 11.9 Å². The van der Waals surface area contributed by atoms with Crippen LogP contribution in [0.5, 0.6) is 0 Å². The van der Waals surface area contributed by atoms with E-state index in [1.165, 1.54) is 95.6 Å². The minimum absolute atomic E-state index is 0.717. The standard InChI is InChI=1S/C26H56N2O2S/c1-2-3-4-5-6-7-8-9-10-11-12-13-14-17-26-31-28-21-19-25-30-23-16-15-22-29-24-18-20-27/h28H,2-27H2,1H3. The van der Waals surface area contributed by atoms with Crippen molar-refractivity contribution in [1.29, 1.82) is 0 Å². The zero-order valence-electron chi connectivity index (χ0n) is 21.0. The van der Waals surface area contributed by atoms with Crippen LogP contribution in [0.2, 0.25) is 0 Å². The number of hydrogen-bond donors (Lipinski definition) is 2. The summed E-state index contributed by atoms with van der Waals surface area (Å²) in [5.41, 5.74) is 5.43. The van der Waals surface area contributed by atoms with Crippen LogP contribution >= 0.6 is 11.9 Å². The first kappa shape index (κ1) is 31.2. The predicted molar refractivity (Wildman–Crippen MR) is 140 cm³/mol. The molecule has 0 saturated carbocycles. The summed E-state index contributed by atoms with van der Waals surface area (Å²) in [5.74, 6) is 1.24. The van der Waals surface area contributed by atoms with E-state index in [2.05, 4.69) is 11.6 Å². The first-order valence-corrected chi connectivity index (χ1v) is 14.6. The lowest BCUT2D eigenvalue weighted by molar-refractivity contribution is 0.102. The zero-order chi connectivity index (χ0) is 22.5. The lowest BCUT2D eigenvalue weighted by Crippen LogP contribution is -2.10. The van der Waals surface area contributed by atoms with Crippen molar-refractivity contribution in [3.05, 3.63) is 0 Å². The molecule has 3 N–H and O–H groups in total. The summed E-state index contributed by atoms with van der Waals surface area (Å²) in [5, 5.41) is 0. The number of hydrogen-bond acceptors (Lipinski definition) is 5. The molecule has 0 amide bonds. The minimum atomic E-state index is 0.717. The van der Waals surface area contributed by atoms with Gasteiger partial charge in [-0.3, -0.25) is 4.72 Å². The van der Waals surface area contributed by atoms with Gasteiger partial charge in [-0.1, -0.05) is 102 Å². The van der Waals surface area contributed by atoms with Gasteiger partial charge in [0.2, 0.25) is 0 Å². The third-order valence-corrected chi connectivity index (χ3v) is 6.49. The van der Waals surface area contributed by atoms with Crippen molar-refractivity contribution in [2.45, 2.75) is 122 Å². The molecule has 0 fully saturated rings. The van der Waals surface area contributed by atoms with Crippen molar-refractivity contribution in [3.63, 3.8) is 0 Å². The lowest BCUT2D eigenvalue weighted by Gasteiger charge is -2.06. The van der Waals surface area contributed by atoms with Crippen LogP contribution in [0.3, 0.4) is 0 Å². The van der Waals surface area contributed by atoms with Crippen LogP contribution in [0, 0.1) is 0 Å². The van der Waals surface area contributed by atoms with Crippen molar-refractivity contribution < 1.29 is 9.47 Å². The maximum atomic E-state index is 5.67. The average Bonchev–Trinajstić information content (AvgIpc) is 2.78. The Bertz CT molecular complexity index is 281. The molecular weight excluding hydrogens is 404 g/mol. The third-order valence-electron chi connectivity index (χ3n) is 5.59. The fourth-order valence-electron chi connectivity index (χ4n) is 3.56. The van der Waals surface area contributed by atoms with Crippen LogP contribution in [-0.2, 0) is 9.47 Å². The molecule has 31 heavy (non-hydrogen) atoms. The monoisotopic (exact) mass is 460 g/mol. The molecule has 0 spiro atoms. The number of rotatable bonds is 28. The highest BCUT2D eigenvalue weighted by Gasteiger charge is 1.96. The maximum Gasteiger partial charge on any atom is 0.0478 e. The summed E-state index contributed by atoms with van der Waals surface area (Å²) in [6, 6.07) is 0. The van der Waals surface area contributed by atoms with Gasteiger partial charge in [0, 0.05) is 38.7 Å². The van der Waals surface area contributed by atoms with E-state index in [0.717, 1.165) is 65.2 Å². The van der Waals surface area contributed by atoms with Crippen LogP contribution in [0.15, 0.2) is 0 Å². The highest BCUT2D eigenvalue weighted by Crippen LogP contribution is 2.13. The van der Waals surface area contributed by atoms with E-state index in [9.17, 15) is 0 Å². The predicted octanol–water partition coefficient (Wildman–Crippen LogP) is 7.26. The highest BCUT2D eigenvalue weighted by molar-refractivity contribution is 7.97. The molecule has 0 aliphatic heterocycles. The molecule has 0 aromatic carbocycles. The number of ether oxygens (including phenoxy) is 2. The highest BCUT2D eigenvalue weighted by atomic mass is 32.2. The van der Waals surface area contributed by atoms with Gasteiger partial charge < -0.3 is 15.2 Å². The largest absolute Gasteiger partial charge is 0.381 e. The molecule has 0 aliphatic carbocycles. The Balaban J connectivity index is 2.98. The molecule has 188 valence electrons. The Kier molecular flexibility index (Phi) is 30.4. The molecule has 0 rings (SSSR count). The first-order valence-electron chi connectivity index (χ1n) is 13.6. The maximum absolute atomic E-state index is 5.67. The van der Waals surface area contributed by atoms with E-state index in [0.29, 0.717) is 0 Å². The number of nitrogens with one attached hydrogen (secondary N) is 1. The normalized spacial score (nSPS) is 11.4. The Morgan fingerprint density at radius 2 is 1.00 bits per heavy atom. The van der Waals surface area contributed by atoms with Gasteiger partial charge in [-0.2, -0.15) is 0 Å². The Hall–Kier alpha value is 0.190. The van der Waals surface area contributed by atoms with Crippen molar-refractivity contribution >= 4 is 11.9 Å². The Morgan fingerprint density at radius 1 is 0.548 bits per heavy atom. The zero-order valence-corrected chi connectivity index (χ0v) is 21.8. The molecular formula is C26H56N2O2S. The van der Waals surface area contributed by atoms with Gasteiger partial charge in [0.25, 0.3) is 0 Å². The molecule has 4 nitrogen and oxygen atoms in total. The topological polar surface area (TPSA) is 56.5 Å². The summed E-state index contributed by atoms with van der Waals surface area (Å²) >= 11 is 1.89. The summed E-state index contributed by atoms with van der Waals surface area (Å²) in [7, 11) is 0.